The first-order chi connectivity index (χ1) is 18.1. The molecule has 0 aliphatic carbocycles. The number of aromatic hydroxyl groups is 1. The smallest absolute Gasteiger partial charge is 0.248 e. The van der Waals surface area contributed by atoms with Crippen LogP contribution in [0.15, 0.2) is 72.8 Å². The summed E-state index contributed by atoms with van der Waals surface area (Å²) in [5, 5.41) is 12.0. The lowest BCUT2D eigenvalue weighted by atomic mass is 9.85. The summed E-state index contributed by atoms with van der Waals surface area (Å²) in [6.07, 6.45) is 3.48. The van der Waals surface area contributed by atoms with Gasteiger partial charge in [-0.2, -0.15) is 0 Å². The number of hydrogen-bond acceptors (Lipinski definition) is 5. The molecular weight excluding hydrogens is 464 g/mol. The van der Waals surface area contributed by atoms with E-state index in [4.69, 9.17) is 15.2 Å². The maximum Gasteiger partial charge on any atom is 0.248 e. The Bertz CT molecular complexity index is 1460. The van der Waals surface area contributed by atoms with Crippen molar-refractivity contribution in [1.29, 1.82) is 0 Å². The summed E-state index contributed by atoms with van der Waals surface area (Å²) < 4.78 is 12.6. The fourth-order valence-electron chi connectivity index (χ4n) is 5.49. The molecule has 3 N–H and O–H groups in total. The summed E-state index contributed by atoms with van der Waals surface area (Å²) in [5.74, 6) is 1.18. The zero-order valence-corrected chi connectivity index (χ0v) is 20.7. The maximum absolute atomic E-state index is 11.8. The van der Waals surface area contributed by atoms with E-state index in [1.54, 1.807) is 24.3 Å². The van der Waals surface area contributed by atoms with Crippen molar-refractivity contribution in [2.75, 3.05) is 26.2 Å². The van der Waals surface area contributed by atoms with E-state index in [1.165, 1.54) is 19.3 Å². The summed E-state index contributed by atoms with van der Waals surface area (Å²) in [4.78, 5) is 14.3. The van der Waals surface area contributed by atoms with Gasteiger partial charge in [-0.15, -0.1) is 0 Å². The minimum atomic E-state index is -0.492. The van der Waals surface area contributed by atoms with Gasteiger partial charge in [0.05, 0.1) is 0 Å². The fraction of sp³-hybridized carbons (Fsp3) is 0.258. The van der Waals surface area contributed by atoms with Crippen molar-refractivity contribution in [2.24, 2.45) is 5.73 Å². The molecule has 0 bridgehead atoms. The van der Waals surface area contributed by atoms with Crippen LogP contribution in [0, 0.1) is 0 Å². The number of nitrogens with zero attached hydrogens (tertiary/aromatic N) is 1. The Kier molecular flexibility index (Phi) is 6.18. The number of phenolic OH excluding ortho intramolecular Hbond substituents is 1. The number of carbonyl (C=O) groups is 1. The Morgan fingerprint density at radius 1 is 0.946 bits per heavy atom. The molecule has 1 atom stereocenters. The Hall–Kier alpha value is -4.03. The molecule has 1 fully saturated rings. The first-order valence-corrected chi connectivity index (χ1v) is 12.9. The number of piperidine rings is 1. The maximum atomic E-state index is 11.8. The lowest BCUT2D eigenvalue weighted by molar-refractivity contribution is 0.0999. The molecule has 0 saturated carbocycles. The van der Waals surface area contributed by atoms with Gasteiger partial charge in [0.15, 0.2) is 6.10 Å². The number of hydrogen-bond donors (Lipinski definition) is 2. The van der Waals surface area contributed by atoms with E-state index in [1.807, 2.05) is 48.5 Å². The molecule has 0 radical (unpaired) electrons. The monoisotopic (exact) mass is 494 g/mol. The zero-order valence-electron chi connectivity index (χ0n) is 20.7. The molecule has 4 aromatic carbocycles. The number of primary amides is 1. The molecule has 6 nitrogen and oxygen atoms in total. The standard InChI is InChI=1S/C31H30N2O4/c32-31(35)22-7-11-26-27-12-6-21-18-23(34)8-13-25(21)29(27)30(37-28(26)19-22)20-4-9-24(10-5-20)36-17-16-33-14-2-1-3-15-33/h4-13,18-19,30,34H,1-3,14-17H2,(H2,32,35). The molecule has 2 heterocycles. The van der Waals surface area contributed by atoms with Crippen LogP contribution in [0.1, 0.15) is 46.9 Å². The molecule has 37 heavy (non-hydrogen) atoms. The second-order valence-corrected chi connectivity index (χ2v) is 9.83. The van der Waals surface area contributed by atoms with Crippen LogP contribution in [0.3, 0.4) is 0 Å². The zero-order chi connectivity index (χ0) is 25.4. The Balaban J connectivity index is 1.33. The Morgan fingerprint density at radius 3 is 2.51 bits per heavy atom. The van der Waals surface area contributed by atoms with Crippen molar-refractivity contribution in [3.05, 3.63) is 89.5 Å². The van der Waals surface area contributed by atoms with Gasteiger partial charge in [0.2, 0.25) is 5.91 Å². The van der Waals surface area contributed by atoms with Gasteiger partial charge in [-0.25, -0.2) is 0 Å². The molecule has 6 heteroatoms. The number of carbonyl (C=O) groups excluding carboxylic acids is 1. The largest absolute Gasteiger partial charge is 0.508 e. The van der Waals surface area contributed by atoms with Crippen LogP contribution >= 0.6 is 0 Å². The molecule has 1 amide bonds. The van der Waals surface area contributed by atoms with Gasteiger partial charge in [-0.3, -0.25) is 9.69 Å². The van der Waals surface area contributed by atoms with Gasteiger partial charge >= 0.3 is 0 Å². The van der Waals surface area contributed by atoms with Crippen LogP contribution in [0.5, 0.6) is 17.2 Å². The summed E-state index contributed by atoms with van der Waals surface area (Å²) in [6.45, 7) is 3.93. The number of likely N-dealkylation sites (tertiary alicyclic amines) is 1. The van der Waals surface area contributed by atoms with Crippen molar-refractivity contribution in [2.45, 2.75) is 25.4 Å². The van der Waals surface area contributed by atoms with Crippen LogP contribution in [0.25, 0.3) is 21.9 Å². The van der Waals surface area contributed by atoms with Gasteiger partial charge < -0.3 is 20.3 Å². The Morgan fingerprint density at radius 2 is 1.73 bits per heavy atom. The number of rotatable bonds is 6. The fourth-order valence-corrected chi connectivity index (χ4v) is 5.49. The topological polar surface area (TPSA) is 85.0 Å². The van der Waals surface area contributed by atoms with E-state index in [0.717, 1.165) is 58.4 Å². The van der Waals surface area contributed by atoms with Crippen LogP contribution in [-0.2, 0) is 0 Å². The van der Waals surface area contributed by atoms with Crippen molar-refractivity contribution in [1.82, 2.24) is 4.90 Å². The molecular formula is C31H30N2O4. The molecule has 188 valence electrons. The molecule has 2 aliphatic rings. The van der Waals surface area contributed by atoms with Gasteiger partial charge in [0, 0.05) is 23.2 Å². The highest BCUT2D eigenvalue weighted by atomic mass is 16.5. The van der Waals surface area contributed by atoms with Crippen molar-refractivity contribution < 1.29 is 19.4 Å². The van der Waals surface area contributed by atoms with Gasteiger partial charge in [0.25, 0.3) is 0 Å². The average molecular weight is 495 g/mol. The predicted molar refractivity (Wildman–Crippen MR) is 144 cm³/mol. The number of phenols is 1. The first-order valence-electron chi connectivity index (χ1n) is 12.9. The third-order valence-corrected chi connectivity index (χ3v) is 7.42. The highest BCUT2D eigenvalue weighted by molar-refractivity contribution is 5.97. The van der Waals surface area contributed by atoms with Crippen molar-refractivity contribution in [3.63, 3.8) is 0 Å². The van der Waals surface area contributed by atoms with Gasteiger partial charge in [-0.05, 0) is 90.3 Å². The second-order valence-electron chi connectivity index (χ2n) is 9.83. The third-order valence-electron chi connectivity index (χ3n) is 7.42. The van der Waals surface area contributed by atoms with Crippen LogP contribution < -0.4 is 15.2 Å². The van der Waals surface area contributed by atoms with Gasteiger partial charge in [0.1, 0.15) is 23.9 Å². The summed E-state index contributed by atoms with van der Waals surface area (Å²) in [5.41, 5.74) is 9.88. The summed E-state index contributed by atoms with van der Waals surface area (Å²) in [7, 11) is 0. The number of amides is 1. The van der Waals surface area contributed by atoms with Gasteiger partial charge in [-0.1, -0.05) is 36.8 Å². The van der Waals surface area contributed by atoms with Crippen molar-refractivity contribution in [3.8, 4) is 28.4 Å². The number of benzene rings is 4. The van der Waals surface area contributed by atoms with Crippen molar-refractivity contribution >= 4 is 16.7 Å². The molecule has 4 aromatic rings. The molecule has 1 unspecified atom stereocenters. The molecule has 2 aliphatic heterocycles. The summed E-state index contributed by atoms with van der Waals surface area (Å²) in [6, 6.07) is 22.8. The summed E-state index contributed by atoms with van der Waals surface area (Å²) >= 11 is 0. The number of ether oxygens (including phenoxy) is 2. The third kappa shape index (κ3) is 4.60. The minimum Gasteiger partial charge on any atom is -0.508 e. The van der Waals surface area contributed by atoms with E-state index in [2.05, 4.69) is 4.90 Å². The highest BCUT2D eigenvalue weighted by Crippen LogP contribution is 2.48. The van der Waals surface area contributed by atoms with E-state index >= 15 is 0 Å². The first kappa shape index (κ1) is 23.4. The molecule has 0 spiro atoms. The second kappa shape index (κ2) is 9.79. The van der Waals surface area contributed by atoms with Crippen LogP contribution in [0.2, 0.25) is 0 Å². The molecule has 1 saturated heterocycles. The Labute approximate surface area is 216 Å². The minimum absolute atomic E-state index is 0.221. The number of nitrogens with two attached hydrogens (primary N) is 1. The quantitative estimate of drug-likeness (QED) is 0.361. The number of fused-ring (bicyclic) bond motifs is 5. The molecule has 0 aromatic heterocycles. The van der Waals surface area contributed by atoms with E-state index in [9.17, 15) is 9.90 Å². The predicted octanol–water partition coefficient (Wildman–Crippen LogP) is 5.66. The molecule has 6 rings (SSSR count). The van der Waals surface area contributed by atoms with Crippen LogP contribution in [0.4, 0.5) is 0 Å². The average Bonchev–Trinajstić information content (AvgIpc) is 2.92. The van der Waals surface area contributed by atoms with E-state index < -0.39 is 12.0 Å². The lowest BCUT2D eigenvalue weighted by Gasteiger charge is -2.31. The highest BCUT2D eigenvalue weighted by Gasteiger charge is 2.30. The SMILES string of the molecule is NC(=O)c1ccc2c(c1)OC(c1ccc(OCCN3CCCCC3)cc1)c1c-2ccc2cc(O)ccc12. The van der Waals surface area contributed by atoms with E-state index in [-0.39, 0.29) is 5.75 Å². The van der Waals surface area contributed by atoms with Crippen LogP contribution in [-0.4, -0.2) is 42.2 Å². The van der Waals surface area contributed by atoms with E-state index in [0.29, 0.717) is 17.9 Å². The lowest BCUT2D eigenvalue weighted by Crippen LogP contribution is -2.33. The normalized spacial score (nSPS) is 17.0.